The van der Waals surface area contributed by atoms with E-state index in [1.54, 1.807) is 0 Å². The second-order valence-corrected chi connectivity index (χ2v) is 6.89. The van der Waals surface area contributed by atoms with Crippen molar-refractivity contribution in [3.05, 3.63) is 72.1 Å². The van der Waals surface area contributed by atoms with Crippen LogP contribution in [0.4, 0.5) is 0 Å². The summed E-state index contributed by atoms with van der Waals surface area (Å²) in [5.41, 5.74) is 11.1. The Hall–Kier alpha value is -3.60. The zero-order valence-corrected chi connectivity index (χ0v) is 15.1. The maximum absolute atomic E-state index is 13.0. The van der Waals surface area contributed by atoms with E-state index in [4.69, 9.17) is 5.73 Å². The second kappa shape index (κ2) is 5.45. The average molecular weight is 354 g/mol. The highest BCUT2D eigenvalue weighted by Crippen LogP contribution is 2.39. The zero-order valence-electron chi connectivity index (χ0n) is 15.1. The van der Waals surface area contributed by atoms with Gasteiger partial charge >= 0.3 is 0 Å². The van der Waals surface area contributed by atoms with Crippen LogP contribution >= 0.6 is 0 Å². The number of hydrogen-bond donors (Lipinski definition) is 1. The SMILES string of the molecule is Cn1cc(C2=C(c3cn(C)c4ccccc34)C(=O)C(N)=N2)c2ccccc21. The van der Waals surface area contributed by atoms with Crippen molar-refractivity contribution >= 4 is 44.7 Å². The number of nitrogens with two attached hydrogens (primary N) is 1. The monoisotopic (exact) mass is 354 g/mol. The highest BCUT2D eigenvalue weighted by molar-refractivity contribution is 6.61. The highest BCUT2D eigenvalue weighted by atomic mass is 16.1. The number of para-hydroxylation sites is 2. The van der Waals surface area contributed by atoms with Gasteiger partial charge in [-0.25, -0.2) is 4.99 Å². The minimum Gasteiger partial charge on any atom is -0.380 e. The summed E-state index contributed by atoms with van der Waals surface area (Å²) in [7, 11) is 3.97. The molecule has 0 atom stereocenters. The van der Waals surface area contributed by atoms with Gasteiger partial charge < -0.3 is 14.9 Å². The first-order valence-electron chi connectivity index (χ1n) is 8.78. The van der Waals surface area contributed by atoms with Crippen LogP contribution in [0.3, 0.4) is 0 Å². The van der Waals surface area contributed by atoms with Crippen molar-refractivity contribution in [1.82, 2.24) is 9.13 Å². The molecule has 4 aromatic rings. The lowest BCUT2D eigenvalue weighted by Gasteiger charge is -2.03. The lowest BCUT2D eigenvalue weighted by molar-refractivity contribution is -0.108. The van der Waals surface area contributed by atoms with Crippen molar-refractivity contribution < 1.29 is 4.79 Å². The number of amidine groups is 1. The van der Waals surface area contributed by atoms with E-state index >= 15 is 0 Å². The van der Waals surface area contributed by atoms with Crippen LogP contribution in [-0.2, 0) is 18.9 Å². The van der Waals surface area contributed by atoms with E-state index in [9.17, 15) is 4.79 Å². The molecule has 0 fully saturated rings. The molecule has 2 aromatic carbocycles. The van der Waals surface area contributed by atoms with E-state index in [0.717, 1.165) is 32.9 Å². The van der Waals surface area contributed by atoms with Gasteiger partial charge in [0.15, 0.2) is 5.84 Å². The van der Waals surface area contributed by atoms with Gasteiger partial charge in [-0.05, 0) is 12.1 Å². The molecule has 0 unspecified atom stereocenters. The van der Waals surface area contributed by atoms with Crippen LogP contribution in [0.1, 0.15) is 11.1 Å². The van der Waals surface area contributed by atoms with Gasteiger partial charge in [-0.15, -0.1) is 0 Å². The smallest absolute Gasteiger partial charge is 0.230 e. The van der Waals surface area contributed by atoms with E-state index in [2.05, 4.69) is 11.1 Å². The predicted molar refractivity (Wildman–Crippen MR) is 109 cm³/mol. The topological polar surface area (TPSA) is 65.3 Å². The summed E-state index contributed by atoms with van der Waals surface area (Å²) in [6, 6.07) is 16.1. The fourth-order valence-corrected chi connectivity index (χ4v) is 3.98. The maximum Gasteiger partial charge on any atom is 0.230 e. The fraction of sp³-hybridized carbons (Fsp3) is 0.0909. The van der Waals surface area contributed by atoms with Crippen LogP contribution in [0.25, 0.3) is 33.1 Å². The van der Waals surface area contributed by atoms with Crippen molar-refractivity contribution in [2.24, 2.45) is 24.8 Å². The molecular formula is C22H18N4O. The number of fused-ring (bicyclic) bond motifs is 2. The van der Waals surface area contributed by atoms with Gasteiger partial charge in [0.25, 0.3) is 0 Å². The Morgan fingerprint density at radius 2 is 1.33 bits per heavy atom. The number of aromatic nitrogens is 2. The molecule has 5 rings (SSSR count). The van der Waals surface area contributed by atoms with E-state index in [1.807, 2.05) is 78.1 Å². The lowest BCUT2D eigenvalue weighted by atomic mass is 9.97. The Balaban J connectivity index is 1.86. The number of hydrogen-bond acceptors (Lipinski definition) is 3. The highest BCUT2D eigenvalue weighted by Gasteiger charge is 2.31. The Kier molecular flexibility index (Phi) is 3.15. The summed E-state index contributed by atoms with van der Waals surface area (Å²) >= 11 is 0. The molecule has 132 valence electrons. The van der Waals surface area contributed by atoms with Crippen LogP contribution in [-0.4, -0.2) is 20.8 Å². The van der Waals surface area contributed by atoms with Crippen molar-refractivity contribution in [3.8, 4) is 0 Å². The van der Waals surface area contributed by atoms with Gasteiger partial charge in [-0.3, -0.25) is 4.79 Å². The molecule has 5 nitrogen and oxygen atoms in total. The molecule has 0 radical (unpaired) electrons. The number of rotatable bonds is 2. The number of ketones is 1. The molecule has 0 saturated heterocycles. The first kappa shape index (κ1) is 15.6. The summed E-state index contributed by atoms with van der Waals surface area (Å²) in [5, 5.41) is 2.07. The number of benzene rings is 2. The van der Waals surface area contributed by atoms with E-state index in [1.165, 1.54) is 0 Å². The summed E-state index contributed by atoms with van der Waals surface area (Å²) in [6.45, 7) is 0. The normalized spacial score (nSPS) is 14.6. The molecule has 2 N–H and O–H groups in total. The zero-order chi connectivity index (χ0) is 18.7. The van der Waals surface area contributed by atoms with Crippen molar-refractivity contribution in [3.63, 3.8) is 0 Å². The van der Waals surface area contributed by atoms with E-state index < -0.39 is 0 Å². The van der Waals surface area contributed by atoms with Crippen LogP contribution in [0.15, 0.2) is 65.9 Å². The van der Waals surface area contributed by atoms with Crippen molar-refractivity contribution in [2.45, 2.75) is 0 Å². The summed E-state index contributed by atoms with van der Waals surface area (Å²) in [5.74, 6) is -0.171. The molecule has 5 heteroatoms. The van der Waals surface area contributed by atoms with Gasteiger partial charge in [0.2, 0.25) is 5.78 Å². The average Bonchev–Trinajstić information content (AvgIpc) is 3.29. The molecule has 0 amide bonds. The number of Topliss-reactive ketones (excluding diaryl/α,β-unsaturated/α-hetero) is 1. The van der Waals surface area contributed by atoms with Gasteiger partial charge in [0.1, 0.15) is 0 Å². The van der Waals surface area contributed by atoms with Gasteiger partial charge in [-0.1, -0.05) is 36.4 Å². The molecule has 3 heterocycles. The van der Waals surface area contributed by atoms with Crippen molar-refractivity contribution in [1.29, 1.82) is 0 Å². The third-order valence-electron chi connectivity index (χ3n) is 5.25. The molecular weight excluding hydrogens is 336 g/mol. The van der Waals surface area contributed by atoms with Crippen LogP contribution < -0.4 is 5.73 Å². The molecule has 0 aliphatic carbocycles. The Bertz CT molecular complexity index is 1320. The number of aliphatic imine (C=N–C) groups is 1. The number of nitrogens with zero attached hydrogens (tertiary/aromatic N) is 3. The molecule has 0 saturated carbocycles. The predicted octanol–water partition coefficient (Wildman–Crippen LogP) is 3.48. The quantitative estimate of drug-likeness (QED) is 0.599. The molecule has 0 spiro atoms. The summed E-state index contributed by atoms with van der Waals surface area (Å²) in [6.07, 6.45) is 4.00. The second-order valence-electron chi connectivity index (χ2n) is 6.89. The Morgan fingerprint density at radius 3 is 1.96 bits per heavy atom. The number of carbonyl (C=O) groups is 1. The Labute approximate surface area is 156 Å². The molecule has 0 bridgehead atoms. The first-order chi connectivity index (χ1) is 13.1. The van der Waals surface area contributed by atoms with E-state index in [0.29, 0.717) is 11.3 Å². The minimum absolute atomic E-state index is 0.0425. The number of carbonyl (C=O) groups excluding carboxylic acids is 1. The van der Waals surface area contributed by atoms with Gasteiger partial charge in [0.05, 0.1) is 11.3 Å². The van der Waals surface area contributed by atoms with Crippen LogP contribution in [0.5, 0.6) is 0 Å². The summed E-state index contributed by atoms with van der Waals surface area (Å²) < 4.78 is 4.08. The lowest BCUT2D eigenvalue weighted by Crippen LogP contribution is -2.20. The fourth-order valence-electron chi connectivity index (χ4n) is 3.98. The third kappa shape index (κ3) is 2.11. The summed E-state index contributed by atoms with van der Waals surface area (Å²) in [4.78, 5) is 17.4. The molecule has 1 aliphatic heterocycles. The Morgan fingerprint density at radius 1 is 0.815 bits per heavy atom. The third-order valence-corrected chi connectivity index (χ3v) is 5.25. The number of aryl methyl sites for hydroxylation is 2. The first-order valence-corrected chi connectivity index (χ1v) is 8.78. The van der Waals surface area contributed by atoms with Crippen LogP contribution in [0.2, 0.25) is 0 Å². The van der Waals surface area contributed by atoms with Crippen LogP contribution in [0, 0.1) is 0 Å². The van der Waals surface area contributed by atoms with Gasteiger partial charge in [-0.2, -0.15) is 0 Å². The van der Waals surface area contributed by atoms with E-state index in [-0.39, 0.29) is 11.6 Å². The molecule has 1 aliphatic rings. The molecule has 2 aromatic heterocycles. The van der Waals surface area contributed by atoms with Crippen molar-refractivity contribution in [2.75, 3.05) is 0 Å². The molecule has 27 heavy (non-hydrogen) atoms. The minimum atomic E-state index is -0.214. The van der Waals surface area contributed by atoms with Gasteiger partial charge in [0, 0.05) is 59.4 Å². The standard InChI is InChI=1S/C22H18N4O/c1-25-11-15(13-7-3-5-9-17(13)25)19-20(24-22(23)21(19)27)16-12-26(2)18-10-6-4-8-14(16)18/h3-12H,1-2H3,(H2,23,24,27). The largest absolute Gasteiger partial charge is 0.380 e. The maximum atomic E-state index is 13.0.